The van der Waals surface area contributed by atoms with E-state index in [0.717, 1.165) is 48.5 Å². The molecular weight excluding hydrogens is 318 g/mol. The van der Waals surface area contributed by atoms with Crippen molar-refractivity contribution < 1.29 is 14.1 Å². The zero-order chi connectivity index (χ0) is 17.8. The summed E-state index contributed by atoms with van der Waals surface area (Å²) in [5.74, 6) is 1.20. The molecule has 1 aliphatic rings. The predicted molar refractivity (Wildman–Crippen MR) is 95.7 cm³/mol. The van der Waals surface area contributed by atoms with Crippen LogP contribution in [0.1, 0.15) is 41.9 Å². The molecule has 0 saturated heterocycles. The molecule has 1 aromatic heterocycles. The average Bonchev–Trinajstić information content (AvgIpc) is 3.06. The Labute approximate surface area is 148 Å². The van der Waals surface area contributed by atoms with E-state index in [1.54, 1.807) is 0 Å². The highest BCUT2D eigenvalue weighted by atomic mass is 16.5. The van der Waals surface area contributed by atoms with Crippen molar-refractivity contribution in [2.45, 2.75) is 33.8 Å². The molecule has 6 nitrogen and oxygen atoms in total. The third-order valence-electron chi connectivity index (χ3n) is 4.59. The maximum atomic E-state index is 12.4. The third-order valence-corrected chi connectivity index (χ3v) is 4.59. The molecule has 134 valence electrons. The minimum atomic E-state index is -0.204. The fraction of sp³-hybridized carbons (Fsp3) is 0.474. The zero-order valence-electron chi connectivity index (χ0n) is 15.1. The normalized spacial score (nSPS) is 12.5. The summed E-state index contributed by atoms with van der Waals surface area (Å²) in [5, 5.41) is 6.93. The molecule has 25 heavy (non-hydrogen) atoms. The summed E-state index contributed by atoms with van der Waals surface area (Å²) in [7, 11) is 0. The van der Waals surface area contributed by atoms with Crippen LogP contribution in [0, 0.1) is 6.92 Å². The second-order valence-electron chi connectivity index (χ2n) is 6.26. The Morgan fingerprint density at radius 3 is 2.88 bits per heavy atom. The molecule has 2 heterocycles. The van der Waals surface area contributed by atoms with Gasteiger partial charge in [0.25, 0.3) is 5.91 Å². The molecule has 6 heteroatoms. The van der Waals surface area contributed by atoms with Crippen molar-refractivity contribution in [3.05, 3.63) is 35.0 Å². The molecule has 1 N–H and O–H groups in total. The Morgan fingerprint density at radius 2 is 2.12 bits per heavy atom. The van der Waals surface area contributed by atoms with Crippen LogP contribution in [0.3, 0.4) is 0 Å². The smallest absolute Gasteiger partial charge is 0.273 e. The highest BCUT2D eigenvalue weighted by molar-refractivity contribution is 5.95. The standard InChI is InChI=1S/C19H25N3O3/c1-4-22(5-2)10-6-9-20-19(23)17-15-12-24-16-8-7-13(3)11-14(16)18(15)25-21-17/h7-8,11H,4-6,9-10,12H2,1-3H3,(H,20,23). The van der Waals surface area contributed by atoms with Gasteiger partial charge in [0.1, 0.15) is 12.4 Å². The number of benzene rings is 1. The van der Waals surface area contributed by atoms with Crippen LogP contribution < -0.4 is 10.1 Å². The van der Waals surface area contributed by atoms with Gasteiger partial charge < -0.3 is 19.5 Å². The second-order valence-corrected chi connectivity index (χ2v) is 6.26. The van der Waals surface area contributed by atoms with Gasteiger partial charge in [-0.15, -0.1) is 0 Å². The van der Waals surface area contributed by atoms with E-state index in [1.165, 1.54) is 0 Å². The van der Waals surface area contributed by atoms with Crippen molar-refractivity contribution in [2.24, 2.45) is 0 Å². The van der Waals surface area contributed by atoms with Gasteiger partial charge >= 0.3 is 0 Å². The lowest BCUT2D eigenvalue weighted by atomic mass is 10.0. The number of nitrogens with one attached hydrogen (secondary N) is 1. The SMILES string of the molecule is CCN(CC)CCCNC(=O)c1noc2c1COc1ccc(C)cc1-2. The Bertz CT molecular complexity index is 750. The van der Waals surface area contributed by atoms with E-state index in [-0.39, 0.29) is 5.91 Å². The molecule has 0 radical (unpaired) electrons. The van der Waals surface area contributed by atoms with E-state index < -0.39 is 0 Å². The van der Waals surface area contributed by atoms with Crippen molar-refractivity contribution in [1.82, 2.24) is 15.4 Å². The molecule has 1 amide bonds. The van der Waals surface area contributed by atoms with Gasteiger partial charge in [-0.1, -0.05) is 30.6 Å². The molecular formula is C19H25N3O3. The van der Waals surface area contributed by atoms with Crippen LogP contribution in [0.4, 0.5) is 0 Å². The number of hydrogen-bond donors (Lipinski definition) is 1. The van der Waals surface area contributed by atoms with Crippen molar-refractivity contribution in [1.29, 1.82) is 0 Å². The first-order chi connectivity index (χ1) is 12.1. The molecule has 1 aromatic carbocycles. The quantitative estimate of drug-likeness (QED) is 0.783. The monoisotopic (exact) mass is 343 g/mol. The third kappa shape index (κ3) is 3.69. The minimum Gasteiger partial charge on any atom is -0.488 e. The van der Waals surface area contributed by atoms with Crippen molar-refractivity contribution in [2.75, 3.05) is 26.2 Å². The summed E-state index contributed by atoms with van der Waals surface area (Å²) in [6, 6.07) is 5.90. The number of aromatic nitrogens is 1. The summed E-state index contributed by atoms with van der Waals surface area (Å²) in [4.78, 5) is 14.8. The average molecular weight is 343 g/mol. The van der Waals surface area contributed by atoms with E-state index in [0.29, 0.717) is 24.6 Å². The second kappa shape index (κ2) is 7.70. The van der Waals surface area contributed by atoms with Gasteiger partial charge in [-0.3, -0.25) is 4.79 Å². The number of ether oxygens (including phenoxy) is 1. The van der Waals surface area contributed by atoms with Gasteiger partial charge in [-0.05, 0) is 45.1 Å². The first-order valence-corrected chi connectivity index (χ1v) is 8.87. The number of fused-ring (bicyclic) bond motifs is 3. The van der Waals surface area contributed by atoms with Crippen LogP contribution in [0.5, 0.6) is 5.75 Å². The van der Waals surface area contributed by atoms with Crippen LogP contribution in [-0.4, -0.2) is 42.1 Å². The lowest BCUT2D eigenvalue weighted by molar-refractivity contribution is 0.0940. The van der Waals surface area contributed by atoms with Crippen LogP contribution >= 0.6 is 0 Å². The van der Waals surface area contributed by atoms with E-state index >= 15 is 0 Å². The molecule has 0 atom stereocenters. The van der Waals surface area contributed by atoms with Gasteiger partial charge in [-0.2, -0.15) is 0 Å². The van der Waals surface area contributed by atoms with Crippen LogP contribution in [0.25, 0.3) is 11.3 Å². The summed E-state index contributed by atoms with van der Waals surface area (Å²) in [6.07, 6.45) is 0.909. The maximum absolute atomic E-state index is 12.4. The molecule has 3 rings (SSSR count). The largest absolute Gasteiger partial charge is 0.488 e. The number of rotatable bonds is 7. The fourth-order valence-corrected chi connectivity index (χ4v) is 3.06. The van der Waals surface area contributed by atoms with Crippen molar-refractivity contribution in [3.63, 3.8) is 0 Å². The summed E-state index contributed by atoms with van der Waals surface area (Å²) >= 11 is 0. The van der Waals surface area contributed by atoms with Crippen LogP contribution in [-0.2, 0) is 6.61 Å². The number of carbonyl (C=O) groups excluding carboxylic acids is 1. The maximum Gasteiger partial charge on any atom is 0.273 e. The van der Waals surface area contributed by atoms with Gasteiger partial charge in [0.2, 0.25) is 0 Å². The lowest BCUT2D eigenvalue weighted by Gasteiger charge is -2.18. The van der Waals surface area contributed by atoms with E-state index in [9.17, 15) is 4.79 Å². The van der Waals surface area contributed by atoms with Crippen LogP contribution in [0.2, 0.25) is 0 Å². The molecule has 0 fully saturated rings. The topological polar surface area (TPSA) is 67.6 Å². The van der Waals surface area contributed by atoms with Gasteiger partial charge in [0, 0.05) is 6.54 Å². The zero-order valence-corrected chi connectivity index (χ0v) is 15.1. The summed E-state index contributed by atoms with van der Waals surface area (Å²) < 4.78 is 11.2. The van der Waals surface area contributed by atoms with Crippen molar-refractivity contribution >= 4 is 5.91 Å². The molecule has 0 aliphatic carbocycles. The van der Waals surface area contributed by atoms with Gasteiger partial charge in [0.05, 0.1) is 11.1 Å². The number of nitrogens with zero attached hydrogens (tertiary/aromatic N) is 2. The molecule has 0 bridgehead atoms. The molecule has 1 aliphatic heterocycles. The minimum absolute atomic E-state index is 0.204. The first kappa shape index (κ1) is 17.5. The molecule has 2 aromatic rings. The number of carbonyl (C=O) groups is 1. The Balaban J connectivity index is 1.66. The van der Waals surface area contributed by atoms with Crippen molar-refractivity contribution in [3.8, 4) is 17.1 Å². The highest BCUT2D eigenvalue weighted by Crippen LogP contribution is 2.39. The Morgan fingerprint density at radius 1 is 1.32 bits per heavy atom. The Kier molecular flexibility index (Phi) is 5.38. The number of amides is 1. The lowest BCUT2D eigenvalue weighted by Crippen LogP contribution is -2.30. The molecule has 0 unspecified atom stereocenters. The summed E-state index contributed by atoms with van der Waals surface area (Å²) in [6.45, 7) is 10.2. The number of hydrogen-bond acceptors (Lipinski definition) is 5. The first-order valence-electron chi connectivity index (χ1n) is 8.87. The summed E-state index contributed by atoms with van der Waals surface area (Å²) in [5.41, 5.74) is 3.01. The van der Waals surface area contributed by atoms with E-state index in [1.807, 2.05) is 25.1 Å². The molecule has 0 spiro atoms. The van der Waals surface area contributed by atoms with Gasteiger partial charge in [0.15, 0.2) is 11.5 Å². The fourth-order valence-electron chi connectivity index (χ4n) is 3.06. The van der Waals surface area contributed by atoms with Crippen LogP contribution in [0.15, 0.2) is 22.7 Å². The Hall–Kier alpha value is -2.34. The van der Waals surface area contributed by atoms with Gasteiger partial charge in [-0.25, -0.2) is 0 Å². The predicted octanol–water partition coefficient (Wildman–Crippen LogP) is 3.00. The molecule has 0 saturated carbocycles. The van der Waals surface area contributed by atoms with E-state index in [2.05, 4.69) is 29.2 Å². The highest BCUT2D eigenvalue weighted by Gasteiger charge is 2.28. The van der Waals surface area contributed by atoms with E-state index in [4.69, 9.17) is 9.26 Å². The number of aryl methyl sites for hydroxylation is 1.